The van der Waals surface area contributed by atoms with Crippen LogP contribution in [-0.2, 0) is 9.09 Å². The number of hydrogen-bond acceptors (Lipinski definition) is 2. The summed E-state index contributed by atoms with van der Waals surface area (Å²) in [7, 11) is -2.50. The SMILES string of the molecule is O=P(CCCl)(OC1CCCCC1)C1CCCCC1. The van der Waals surface area contributed by atoms with Gasteiger partial charge in [-0.05, 0) is 25.7 Å². The van der Waals surface area contributed by atoms with Crippen LogP contribution in [-0.4, -0.2) is 23.8 Å². The van der Waals surface area contributed by atoms with Gasteiger partial charge in [-0.3, -0.25) is 4.57 Å². The molecule has 2 fully saturated rings. The summed E-state index contributed by atoms with van der Waals surface area (Å²) in [6.07, 6.45) is 12.7. The van der Waals surface area contributed by atoms with Crippen molar-refractivity contribution in [3.05, 3.63) is 0 Å². The highest BCUT2D eigenvalue weighted by Crippen LogP contribution is 2.58. The summed E-state index contributed by atoms with van der Waals surface area (Å²) in [4.78, 5) is 0. The molecule has 0 bridgehead atoms. The maximum absolute atomic E-state index is 13.1. The van der Waals surface area contributed by atoms with Crippen LogP contribution in [0.2, 0.25) is 0 Å². The minimum absolute atomic E-state index is 0.245. The Morgan fingerprint density at radius 3 is 2.06 bits per heavy atom. The molecule has 0 aliphatic heterocycles. The van der Waals surface area contributed by atoms with E-state index in [0.717, 1.165) is 25.7 Å². The van der Waals surface area contributed by atoms with Gasteiger partial charge in [-0.25, -0.2) is 0 Å². The summed E-state index contributed by atoms with van der Waals surface area (Å²) in [5, 5.41) is 0. The van der Waals surface area contributed by atoms with Crippen molar-refractivity contribution in [2.45, 2.75) is 76.0 Å². The van der Waals surface area contributed by atoms with Crippen LogP contribution in [0, 0.1) is 0 Å². The second-order valence-corrected chi connectivity index (χ2v) is 9.01. The predicted octanol–water partition coefficient (Wildman–Crippen LogP) is 5.19. The summed E-state index contributed by atoms with van der Waals surface area (Å²) in [5.74, 6) is 0.473. The van der Waals surface area contributed by atoms with E-state index in [4.69, 9.17) is 16.1 Å². The van der Waals surface area contributed by atoms with Gasteiger partial charge in [0.25, 0.3) is 0 Å². The van der Waals surface area contributed by atoms with E-state index in [9.17, 15) is 4.57 Å². The summed E-state index contributed by atoms with van der Waals surface area (Å²) in [5.41, 5.74) is 0.298. The van der Waals surface area contributed by atoms with E-state index in [1.54, 1.807) is 0 Å². The minimum atomic E-state index is -2.50. The van der Waals surface area contributed by atoms with Crippen LogP contribution in [0.1, 0.15) is 64.2 Å². The molecule has 0 spiro atoms. The monoisotopic (exact) mass is 292 g/mol. The standard InChI is InChI=1S/C14H26ClO2P/c15-11-12-18(16,14-9-5-2-6-10-14)17-13-7-3-1-4-8-13/h13-14H,1-12H2. The lowest BCUT2D eigenvalue weighted by atomic mass is 9.98. The van der Waals surface area contributed by atoms with Gasteiger partial charge in [0.05, 0.1) is 6.10 Å². The quantitative estimate of drug-likeness (QED) is 0.515. The molecule has 2 aliphatic carbocycles. The molecule has 2 aliphatic rings. The lowest BCUT2D eigenvalue weighted by Gasteiger charge is -2.34. The topological polar surface area (TPSA) is 26.3 Å². The van der Waals surface area contributed by atoms with Gasteiger partial charge in [0.2, 0.25) is 7.37 Å². The number of rotatable bonds is 5. The van der Waals surface area contributed by atoms with Crippen molar-refractivity contribution in [3.63, 3.8) is 0 Å². The molecule has 0 aromatic carbocycles. The van der Waals surface area contributed by atoms with Crippen molar-refractivity contribution in [1.29, 1.82) is 0 Å². The van der Waals surface area contributed by atoms with Crippen molar-refractivity contribution < 1.29 is 9.09 Å². The molecule has 1 unspecified atom stereocenters. The second kappa shape index (κ2) is 7.31. The molecular weight excluding hydrogens is 267 g/mol. The number of halogens is 1. The van der Waals surface area contributed by atoms with Crippen LogP contribution in [0.5, 0.6) is 0 Å². The molecule has 0 amide bonds. The lowest BCUT2D eigenvalue weighted by Crippen LogP contribution is -2.23. The average Bonchev–Trinajstić information content (AvgIpc) is 2.41. The van der Waals surface area contributed by atoms with E-state index in [1.165, 1.54) is 38.5 Å². The molecule has 0 radical (unpaired) electrons. The summed E-state index contributed by atoms with van der Waals surface area (Å²) >= 11 is 5.87. The maximum atomic E-state index is 13.1. The summed E-state index contributed by atoms with van der Waals surface area (Å²) < 4.78 is 19.3. The van der Waals surface area contributed by atoms with Crippen LogP contribution < -0.4 is 0 Å². The van der Waals surface area contributed by atoms with Gasteiger partial charge in [0.1, 0.15) is 0 Å². The molecule has 0 saturated heterocycles. The molecule has 0 heterocycles. The van der Waals surface area contributed by atoms with E-state index in [1.807, 2.05) is 0 Å². The molecule has 0 N–H and O–H groups in total. The Labute approximate surface area is 116 Å². The van der Waals surface area contributed by atoms with E-state index < -0.39 is 7.37 Å². The third-order valence-corrected chi connectivity index (χ3v) is 7.99. The van der Waals surface area contributed by atoms with E-state index in [-0.39, 0.29) is 6.10 Å². The molecule has 4 heteroatoms. The zero-order valence-corrected chi connectivity index (χ0v) is 12.9. The minimum Gasteiger partial charge on any atom is -0.325 e. The molecule has 0 aromatic rings. The Kier molecular flexibility index (Phi) is 6.04. The fourth-order valence-electron chi connectivity index (χ4n) is 3.34. The van der Waals surface area contributed by atoms with E-state index >= 15 is 0 Å². The first-order valence-corrected chi connectivity index (χ1v) is 9.99. The van der Waals surface area contributed by atoms with Crippen molar-refractivity contribution in [3.8, 4) is 0 Å². The average molecular weight is 293 g/mol. The number of alkyl halides is 1. The molecule has 2 rings (SSSR count). The normalized spacial score (nSPS) is 26.9. The smallest absolute Gasteiger partial charge is 0.207 e. The highest BCUT2D eigenvalue weighted by Gasteiger charge is 2.36. The fourth-order valence-corrected chi connectivity index (χ4v) is 6.79. The Balaban J connectivity index is 1.97. The first kappa shape index (κ1) is 14.9. The van der Waals surface area contributed by atoms with Crippen LogP contribution in [0.4, 0.5) is 0 Å². The van der Waals surface area contributed by atoms with Gasteiger partial charge in [-0.15, -0.1) is 11.6 Å². The Hall–Kier alpha value is 0.480. The van der Waals surface area contributed by atoms with E-state index in [2.05, 4.69) is 0 Å². The Morgan fingerprint density at radius 2 is 1.50 bits per heavy atom. The zero-order valence-electron chi connectivity index (χ0n) is 11.3. The van der Waals surface area contributed by atoms with Gasteiger partial charge in [0.15, 0.2) is 0 Å². The fraction of sp³-hybridized carbons (Fsp3) is 1.00. The molecule has 106 valence electrons. The van der Waals surface area contributed by atoms with Crippen molar-refractivity contribution in [2.24, 2.45) is 0 Å². The highest BCUT2D eigenvalue weighted by atomic mass is 35.5. The van der Waals surface area contributed by atoms with Gasteiger partial charge in [-0.1, -0.05) is 38.5 Å². The Bertz CT molecular complexity index is 284. The predicted molar refractivity (Wildman–Crippen MR) is 78.0 cm³/mol. The van der Waals surface area contributed by atoms with Crippen LogP contribution in [0.3, 0.4) is 0 Å². The molecule has 2 nitrogen and oxygen atoms in total. The van der Waals surface area contributed by atoms with Crippen molar-refractivity contribution >= 4 is 19.0 Å². The van der Waals surface area contributed by atoms with E-state index in [0.29, 0.717) is 17.7 Å². The first-order chi connectivity index (χ1) is 8.74. The van der Waals surface area contributed by atoms with Crippen LogP contribution in [0.25, 0.3) is 0 Å². The molecule has 18 heavy (non-hydrogen) atoms. The molecule has 0 aromatic heterocycles. The van der Waals surface area contributed by atoms with Gasteiger partial charge in [-0.2, -0.15) is 0 Å². The third-order valence-electron chi connectivity index (χ3n) is 4.41. The number of hydrogen-bond donors (Lipinski definition) is 0. The lowest BCUT2D eigenvalue weighted by molar-refractivity contribution is 0.153. The van der Waals surface area contributed by atoms with Crippen molar-refractivity contribution in [1.82, 2.24) is 0 Å². The van der Waals surface area contributed by atoms with Gasteiger partial charge >= 0.3 is 0 Å². The van der Waals surface area contributed by atoms with Crippen molar-refractivity contribution in [2.75, 3.05) is 12.0 Å². The molecule has 1 atom stereocenters. The maximum Gasteiger partial charge on any atom is 0.207 e. The Morgan fingerprint density at radius 1 is 0.944 bits per heavy atom. The van der Waals surface area contributed by atoms with Gasteiger partial charge in [0, 0.05) is 17.7 Å². The molecule has 2 saturated carbocycles. The molecular formula is C14H26ClO2P. The summed E-state index contributed by atoms with van der Waals surface area (Å²) in [6, 6.07) is 0. The van der Waals surface area contributed by atoms with Crippen LogP contribution >= 0.6 is 19.0 Å². The first-order valence-electron chi connectivity index (χ1n) is 7.58. The largest absolute Gasteiger partial charge is 0.325 e. The summed E-state index contributed by atoms with van der Waals surface area (Å²) in [6.45, 7) is 0. The highest BCUT2D eigenvalue weighted by molar-refractivity contribution is 7.59. The van der Waals surface area contributed by atoms with Crippen LogP contribution in [0.15, 0.2) is 0 Å². The van der Waals surface area contributed by atoms with Gasteiger partial charge < -0.3 is 4.52 Å². The second-order valence-electron chi connectivity index (χ2n) is 5.80. The third kappa shape index (κ3) is 3.99. The zero-order chi connectivity index (χ0) is 12.8.